The van der Waals surface area contributed by atoms with Crippen molar-refractivity contribution in [3.63, 3.8) is 0 Å². The third-order valence-corrected chi connectivity index (χ3v) is 4.59. The maximum absolute atomic E-state index is 12.6. The van der Waals surface area contributed by atoms with E-state index in [-0.39, 0.29) is 12.3 Å². The van der Waals surface area contributed by atoms with Gasteiger partial charge in [-0.2, -0.15) is 0 Å². The highest BCUT2D eigenvalue weighted by atomic mass is 32.1. The standard InChI is InChI=1S/C19H21NO5S/c1-5-24-19(23)16-11(2)17(20-12(16)3)18(22)13(4)25-15(21)9-8-14-7-6-10-26-14/h6-10,13,20H,5H2,1-4H3/b9-8+/t13-/m0/s1. The number of hydrogen-bond donors (Lipinski definition) is 1. The molecule has 0 fully saturated rings. The van der Waals surface area contributed by atoms with Gasteiger partial charge in [0.25, 0.3) is 0 Å². The van der Waals surface area contributed by atoms with Crippen molar-refractivity contribution >= 4 is 35.1 Å². The molecule has 2 aromatic heterocycles. The summed E-state index contributed by atoms with van der Waals surface area (Å²) in [4.78, 5) is 40.3. The number of nitrogens with one attached hydrogen (secondary N) is 1. The highest BCUT2D eigenvalue weighted by Gasteiger charge is 2.27. The molecule has 2 heterocycles. The number of hydrogen-bond acceptors (Lipinski definition) is 6. The predicted octanol–water partition coefficient (Wildman–Crippen LogP) is 3.70. The maximum atomic E-state index is 12.6. The topological polar surface area (TPSA) is 85.5 Å². The molecular weight excluding hydrogens is 354 g/mol. The molecule has 0 aromatic carbocycles. The fourth-order valence-electron chi connectivity index (χ4n) is 2.51. The Balaban J connectivity index is 2.09. The van der Waals surface area contributed by atoms with E-state index in [1.165, 1.54) is 24.3 Å². The Morgan fingerprint density at radius 2 is 2.04 bits per heavy atom. The van der Waals surface area contributed by atoms with Crippen molar-refractivity contribution in [2.24, 2.45) is 0 Å². The summed E-state index contributed by atoms with van der Waals surface area (Å²) in [5, 5.41) is 1.90. The van der Waals surface area contributed by atoms with Crippen LogP contribution in [0.4, 0.5) is 0 Å². The van der Waals surface area contributed by atoms with Gasteiger partial charge in [0.1, 0.15) is 0 Å². The Hall–Kier alpha value is -2.67. The van der Waals surface area contributed by atoms with Gasteiger partial charge in [-0.05, 0) is 50.8 Å². The van der Waals surface area contributed by atoms with Gasteiger partial charge in [0.15, 0.2) is 6.10 Å². The van der Waals surface area contributed by atoms with Crippen LogP contribution in [0.1, 0.15) is 50.8 Å². The quantitative estimate of drug-likeness (QED) is 0.453. The van der Waals surface area contributed by atoms with Crippen molar-refractivity contribution < 1.29 is 23.9 Å². The zero-order chi connectivity index (χ0) is 19.3. The van der Waals surface area contributed by atoms with Gasteiger partial charge in [-0.3, -0.25) is 4.79 Å². The zero-order valence-corrected chi connectivity index (χ0v) is 15.9. The average Bonchev–Trinajstić information content (AvgIpc) is 3.20. The predicted molar refractivity (Wildman–Crippen MR) is 99.5 cm³/mol. The van der Waals surface area contributed by atoms with Crippen molar-refractivity contribution in [3.8, 4) is 0 Å². The van der Waals surface area contributed by atoms with Gasteiger partial charge < -0.3 is 14.5 Å². The first-order valence-corrected chi connectivity index (χ1v) is 9.05. The van der Waals surface area contributed by atoms with Crippen LogP contribution < -0.4 is 0 Å². The molecule has 7 heteroatoms. The maximum Gasteiger partial charge on any atom is 0.340 e. The number of carbonyl (C=O) groups is 3. The smallest absolute Gasteiger partial charge is 0.340 e. The molecule has 0 saturated carbocycles. The van der Waals surface area contributed by atoms with Gasteiger partial charge in [-0.1, -0.05) is 6.07 Å². The number of aryl methyl sites for hydroxylation is 1. The molecular formula is C19H21NO5S. The first-order chi connectivity index (χ1) is 12.3. The summed E-state index contributed by atoms with van der Waals surface area (Å²) in [6, 6.07) is 3.74. The first-order valence-electron chi connectivity index (χ1n) is 8.17. The number of aromatic amines is 1. The molecule has 0 amide bonds. The average molecular weight is 375 g/mol. The summed E-state index contributed by atoms with van der Waals surface area (Å²) in [6.07, 6.45) is 1.93. The molecule has 0 aliphatic heterocycles. The van der Waals surface area contributed by atoms with Crippen LogP contribution in [0.25, 0.3) is 6.08 Å². The molecule has 0 radical (unpaired) electrons. The van der Waals surface area contributed by atoms with E-state index in [1.807, 2.05) is 17.5 Å². The number of esters is 2. The van der Waals surface area contributed by atoms with E-state index >= 15 is 0 Å². The van der Waals surface area contributed by atoms with E-state index in [0.717, 1.165) is 4.88 Å². The number of aromatic nitrogens is 1. The monoisotopic (exact) mass is 375 g/mol. The number of thiophene rings is 1. The van der Waals surface area contributed by atoms with Crippen LogP contribution in [-0.4, -0.2) is 35.4 Å². The fourth-order valence-corrected chi connectivity index (χ4v) is 3.13. The van der Waals surface area contributed by atoms with E-state index in [0.29, 0.717) is 16.8 Å². The Labute approximate surface area is 155 Å². The molecule has 138 valence electrons. The van der Waals surface area contributed by atoms with Gasteiger partial charge >= 0.3 is 11.9 Å². The summed E-state index contributed by atoms with van der Waals surface area (Å²) in [7, 11) is 0. The second kappa shape index (κ2) is 8.62. The Bertz CT molecular complexity index is 832. The third-order valence-electron chi connectivity index (χ3n) is 3.75. The molecule has 6 nitrogen and oxygen atoms in total. The third kappa shape index (κ3) is 4.49. The molecule has 0 spiro atoms. The minimum absolute atomic E-state index is 0.244. The molecule has 0 unspecified atom stereocenters. The van der Waals surface area contributed by atoms with Crippen LogP contribution >= 0.6 is 11.3 Å². The van der Waals surface area contributed by atoms with E-state index < -0.39 is 23.8 Å². The first kappa shape index (κ1) is 19.7. The van der Waals surface area contributed by atoms with Crippen LogP contribution in [-0.2, 0) is 14.3 Å². The van der Waals surface area contributed by atoms with Gasteiger partial charge in [-0.25, -0.2) is 9.59 Å². The molecule has 0 bridgehead atoms. The van der Waals surface area contributed by atoms with E-state index in [9.17, 15) is 14.4 Å². The van der Waals surface area contributed by atoms with Crippen LogP contribution in [0.5, 0.6) is 0 Å². The van der Waals surface area contributed by atoms with E-state index in [2.05, 4.69) is 4.98 Å². The summed E-state index contributed by atoms with van der Waals surface area (Å²) in [5.41, 5.74) is 1.61. The number of carbonyl (C=O) groups excluding carboxylic acids is 3. The van der Waals surface area contributed by atoms with Crippen molar-refractivity contribution in [2.45, 2.75) is 33.8 Å². The molecule has 0 saturated heterocycles. The van der Waals surface area contributed by atoms with Crippen molar-refractivity contribution in [3.05, 3.63) is 51.0 Å². The number of ether oxygens (including phenoxy) is 2. The van der Waals surface area contributed by atoms with Gasteiger partial charge in [-0.15, -0.1) is 11.3 Å². The lowest BCUT2D eigenvalue weighted by Gasteiger charge is -2.10. The molecule has 0 aliphatic rings. The second-order valence-electron chi connectivity index (χ2n) is 5.64. The normalized spacial score (nSPS) is 12.2. The number of rotatable bonds is 7. The minimum atomic E-state index is -0.984. The van der Waals surface area contributed by atoms with Crippen molar-refractivity contribution in [1.82, 2.24) is 4.98 Å². The Kier molecular flexibility index (Phi) is 6.52. The van der Waals surface area contributed by atoms with E-state index in [4.69, 9.17) is 9.47 Å². The number of ketones is 1. The van der Waals surface area contributed by atoms with Crippen molar-refractivity contribution in [1.29, 1.82) is 0 Å². The van der Waals surface area contributed by atoms with Crippen molar-refractivity contribution in [2.75, 3.05) is 6.61 Å². The number of Topliss-reactive ketones (excluding diaryl/α,β-unsaturated/α-hetero) is 1. The summed E-state index contributed by atoms with van der Waals surface area (Å²) in [6.45, 7) is 6.81. The van der Waals surface area contributed by atoms with Gasteiger partial charge in [0.2, 0.25) is 5.78 Å². The summed E-state index contributed by atoms with van der Waals surface area (Å²) in [5.74, 6) is -1.49. The largest absolute Gasteiger partial charge is 0.462 e. The Morgan fingerprint density at radius 3 is 2.65 bits per heavy atom. The highest BCUT2D eigenvalue weighted by molar-refractivity contribution is 7.10. The molecule has 26 heavy (non-hydrogen) atoms. The minimum Gasteiger partial charge on any atom is -0.462 e. The summed E-state index contributed by atoms with van der Waals surface area (Å²) >= 11 is 1.49. The molecule has 1 N–H and O–H groups in total. The lowest BCUT2D eigenvalue weighted by molar-refractivity contribution is -0.140. The summed E-state index contributed by atoms with van der Waals surface area (Å²) < 4.78 is 10.2. The molecule has 1 atom stereocenters. The van der Waals surface area contributed by atoms with Crippen LogP contribution in [0.15, 0.2) is 23.6 Å². The second-order valence-corrected chi connectivity index (χ2v) is 6.62. The van der Waals surface area contributed by atoms with Gasteiger partial charge in [0, 0.05) is 16.6 Å². The molecule has 2 rings (SSSR count). The Morgan fingerprint density at radius 1 is 1.31 bits per heavy atom. The van der Waals surface area contributed by atoms with Gasteiger partial charge in [0.05, 0.1) is 17.9 Å². The lowest BCUT2D eigenvalue weighted by Crippen LogP contribution is -2.24. The van der Waals surface area contributed by atoms with Crippen LogP contribution in [0.2, 0.25) is 0 Å². The highest BCUT2D eigenvalue weighted by Crippen LogP contribution is 2.21. The lowest BCUT2D eigenvalue weighted by atomic mass is 10.1. The molecule has 0 aliphatic carbocycles. The van der Waals surface area contributed by atoms with Crippen LogP contribution in [0.3, 0.4) is 0 Å². The number of H-pyrrole nitrogens is 1. The SMILES string of the molecule is CCOC(=O)c1c(C)[nH]c(C(=O)[C@H](C)OC(=O)/C=C/c2cccs2)c1C. The zero-order valence-electron chi connectivity index (χ0n) is 15.1. The molecule has 2 aromatic rings. The fraction of sp³-hybridized carbons (Fsp3) is 0.316. The van der Waals surface area contributed by atoms with Crippen LogP contribution in [0, 0.1) is 13.8 Å². The van der Waals surface area contributed by atoms with E-state index in [1.54, 1.807) is 26.8 Å².